The number of hydrogen-bond donors (Lipinski definition) is 2. The van der Waals surface area contributed by atoms with Crippen molar-refractivity contribution < 1.29 is 4.79 Å². The van der Waals surface area contributed by atoms with Gasteiger partial charge in [-0.25, -0.2) is 0 Å². The molecule has 1 heterocycles. The van der Waals surface area contributed by atoms with Gasteiger partial charge in [-0.1, -0.05) is 37.1 Å². The lowest BCUT2D eigenvalue weighted by Crippen LogP contribution is -2.30. The average Bonchev–Trinajstić information content (AvgIpc) is 3.36. The molecule has 1 saturated carbocycles. The van der Waals surface area contributed by atoms with Crippen LogP contribution in [0, 0.1) is 20.8 Å². The maximum Gasteiger partial charge on any atom is 0.252 e. The average molecular weight is 458 g/mol. The number of carbonyl (C=O) groups excluding carboxylic acids is 1. The first kappa shape index (κ1) is 24.0. The standard InChI is InChI=1S/C29H35N3O2/c1-19-13-20(2)31-29(34)27(19)17-30-16-25-14-24(23-11-9-22(18-33)10-12-23)15-28(21(25)3)32(4)26-7-5-6-8-26/h9-15,18,26,30H,5-8,16-17H2,1-4H3,(H,31,34). The highest BCUT2D eigenvalue weighted by atomic mass is 16.1. The first-order chi connectivity index (χ1) is 16.4. The van der Waals surface area contributed by atoms with E-state index in [1.165, 1.54) is 42.5 Å². The molecule has 5 nitrogen and oxygen atoms in total. The van der Waals surface area contributed by atoms with E-state index in [4.69, 9.17) is 0 Å². The maximum absolute atomic E-state index is 12.4. The largest absolute Gasteiger partial charge is 0.371 e. The summed E-state index contributed by atoms with van der Waals surface area (Å²) in [5, 5.41) is 3.51. The molecule has 3 aromatic rings. The Morgan fingerprint density at radius 3 is 2.35 bits per heavy atom. The molecule has 178 valence electrons. The third-order valence-corrected chi connectivity index (χ3v) is 7.23. The highest BCUT2D eigenvalue weighted by molar-refractivity contribution is 5.78. The van der Waals surface area contributed by atoms with Gasteiger partial charge >= 0.3 is 0 Å². The summed E-state index contributed by atoms with van der Waals surface area (Å²) in [4.78, 5) is 28.9. The number of aldehydes is 1. The highest BCUT2D eigenvalue weighted by Gasteiger charge is 2.22. The molecule has 1 aromatic heterocycles. The summed E-state index contributed by atoms with van der Waals surface area (Å²) in [6.45, 7) is 7.28. The van der Waals surface area contributed by atoms with E-state index in [1.807, 2.05) is 44.2 Å². The zero-order chi connectivity index (χ0) is 24.2. The van der Waals surface area contributed by atoms with Crippen LogP contribution < -0.4 is 15.8 Å². The minimum absolute atomic E-state index is 0.0209. The Bertz CT molecular complexity index is 1220. The Labute approximate surface area is 202 Å². The van der Waals surface area contributed by atoms with Gasteiger partial charge in [0.2, 0.25) is 0 Å². The van der Waals surface area contributed by atoms with Crippen molar-refractivity contribution in [3.05, 3.63) is 86.3 Å². The molecule has 0 radical (unpaired) electrons. The molecular weight excluding hydrogens is 422 g/mol. The van der Waals surface area contributed by atoms with Gasteiger partial charge in [-0.05, 0) is 79.6 Å². The molecule has 1 aliphatic rings. The summed E-state index contributed by atoms with van der Waals surface area (Å²) in [5.41, 5.74) is 9.32. The molecule has 0 bridgehead atoms. The number of hydrogen-bond acceptors (Lipinski definition) is 4. The second-order valence-corrected chi connectivity index (χ2v) is 9.62. The van der Waals surface area contributed by atoms with Gasteiger partial charge in [0.25, 0.3) is 5.56 Å². The van der Waals surface area contributed by atoms with E-state index >= 15 is 0 Å². The Hall–Kier alpha value is -3.18. The van der Waals surface area contributed by atoms with Crippen LogP contribution in [0.3, 0.4) is 0 Å². The lowest BCUT2D eigenvalue weighted by molar-refractivity contribution is 0.112. The number of anilines is 1. The van der Waals surface area contributed by atoms with Gasteiger partial charge in [0.1, 0.15) is 6.29 Å². The number of aromatic nitrogens is 1. The number of aryl methyl sites for hydroxylation is 2. The molecule has 5 heteroatoms. The molecular formula is C29H35N3O2. The van der Waals surface area contributed by atoms with Crippen LogP contribution in [-0.4, -0.2) is 24.4 Å². The van der Waals surface area contributed by atoms with Gasteiger partial charge in [0, 0.05) is 48.7 Å². The zero-order valence-electron chi connectivity index (χ0n) is 20.7. The smallest absolute Gasteiger partial charge is 0.252 e. The molecule has 34 heavy (non-hydrogen) atoms. The summed E-state index contributed by atoms with van der Waals surface area (Å²) < 4.78 is 0. The normalized spacial score (nSPS) is 13.9. The number of nitrogens with zero attached hydrogens (tertiary/aromatic N) is 1. The van der Waals surface area contributed by atoms with Crippen molar-refractivity contribution in [1.29, 1.82) is 0 Å². The van der Waals surface area contributed by atoms with Crippen LogP contribution >= 0.6 is 0 Å². The predicted molar refractivity (Wildman–Crippen MR) is 140 cm³/mol. The summed E-state index contributed by atoms with van der Waals surface area (Å²) in [5.74, 6) is 0. The number of rotatable bonds is 8. The van der Waals surface area contributed by atoms with Crippen LogP contribution in [-0.2, 0) is 13.1 Å². The third-order valence-electron chi connectivity index (χ3n) is 7.23. The van der Waals surface area contributed by atoms with Crippen molar-refractivity contribution >= 4 is 12.0 Å². The Morgan fingerprint density at radius 1 is 1.00 bits per heavy atom. The Balaban J connectivity index is 1.65. The van der Waals surface area contributed by atoms with Gasteiger partial charge in [-0.2, -0.15) is 0 Å². The monoisotopic (exact) mass is 457 g/mol. The van der Waals surface area contributed by atoms with E-state index in [0.29, 0.717) is 24.7 Å². The van der Waals surface area contributed by atoms with E-state index in [9.17, 15) is 9.59 Å². The minimum atomic E-state index is -0.0209. The lowest BCUT2D eigenvalue weighted by atomic mass is 9.96. The lowest BCUT2D eigenvalue weighted by Gasteiger charge is -2.30. The SMILES string of the molecule is Cc1cc(C)c(CNCc2cc(-c3ccc(C=O)cc3)cc(N(C)C3CCCC3)c2C)c(=O)[nH]1. The van der Waals surface area contributed by atoms with Crippen molar-refractivity contribution in [3.8, 4) is 11.1 Å². The van der Waals surface area contributed by atoms with Crippen molar-refractivity contribution in [3.63, 3.8) is 0 Å². The molecule has 1 fully saturated rings. The van der Waals surface area contributed by atoms with Crippen molar-refractivity contribution in [2.45, 2.75) is 65.6 Å². The summed E-state index contributed by atoms with van der Waals surface area (Å²) in [7, 11) is 2.21. The quantitative estimate of drug-likeness (QED) is 0.442. The highest BCUT2D eigenvalue weighted by Crippen LogP contribution is 2.34. The molecule has 0 aliphatic heterocycles. The van der Waals surface area contributed by atoms with Crippen LogP contribution in [0.2, 0.25) is 0 Å². The molecule has 0 saturated heterocycles. The van der Waals surface area contributed by atoms with Crippen LogP contribution in [0.25, 0.3) is 11.1 Å². The summed E-state index contributed by atoms with van der Waals surface area (Å²) in [6.07, 6.45) is 5.93. The second-order valence-electron chi connectivity index (χ2n) is 9.62. The van der Waals surface area contributed by atoms with Gasteiger partial charge < -0.3 is 15.2 Å². The first-order valence-electron chi connectivity index (χ1n) is 12.2. The molecule has 2 N–H and O–H groups in total. The molecule has 0 amide bonds. The van der Waals surface area contributed by atoms with E-state index in [2.05, 4.69) is 41.3 Å². The van der Waals surface area contributed by atoms with Crippen molar-refractivity contribution in [2.24, 2.45) is 0 Å². The van der Waals surface area contributed by atoms with Crippen molar-refractivity contribution in [1.82, 2.24) is 10.3 Å². The summed E-state index contributed by atoms with van der Waals surface area (Å²) in [6, 6.07) is 14.9. The second kappa shape index (κ2) is 10.4. The topological polar surface area (TPSA) is 65.2 Å². The molecule has 1 aliphatic carbocycles. The fraction of sp³-hybridized carbons (Fsp3) is 0.379. The van der Waals surface area contributed by atoms with E-state index < -0.39 is 0 Å². The van der Waals surface area contributed by atoms with Crippen LogP contribution in [0.15, 0.2) is 47.3 Å². The zero-order valence-corrected chi connectivity index (χ0v) is 20.7. The van der Waals surface area contributed by atoms with Crippen LogP contribution in [0.5, 0.6) is 0 Å². The fourth-order valence-electron chi connectivity index (χ4n) is 5.14. The summed E-state index contributed by atoms with van der Waals surface area (Å²) >= 11 is 0. The minimum Gasteiger partial charge on any atom is -0.371 e. The Morgan fingerprint density at radius 2 is 1.71 bits per heavy atom. The van der Waals surface area contributed by atoms with Crippen molar-refractivity contribution in [2.75, 3.05) is 11.9 Å². The van der Waals surface area contributed by atoms with Gasteiger partial charge in [0.05, 0.1) is 0 Å². The molecule has 0 spiro atoms. The first-order valence-corrected chi connectivity index (χ1v) is 12.2. The number of aromatic amines is 1. The van der Waals surface area contributed by atoms with E-state index in [0.717, 1.165) is 34.2 Å². The van der Waals surface area contributed by atoms with E-state index in [-0.39, 0.29) is 5.56 Å². The third kappa shape index (κ3) is 5.15. The fourth-order valence-corrected chi connectivity index (χ4v) is 5.14. The van der Waals surface area contributed by atoms with Crippen LogP contribution in [0.4, 0.5) is 5.69 Å². The number of benzene rings is 2. The number of H-pyrrole nitrogens is 1. The van der Waals surface area contributed by atoms with Gasteiger partial charge in [-0.15, -0.1) is 0 Å². The van der Waals surface area contributed by atoms with Gasteiger partial charge in [-0.3, -0.25) is 9.59 Å². The molecule has 2 aromatic carbocycles. The number of carbonyl (C=O) groups is 1. The number of pyridine rings is 1. The molecule has 0 unspecified atom stereocenters. The predicted octanol–water partition coefficient (Wildman–Crippen LogP) is 5.45. The maximum atomic E-state index is 12.4. The van der Waals surface area contributed by atoms with E-state index in [1.54, 1.807) is 0 Å². The molecule has 4 rings (SSSR count). The number of nitrogens with one attached hydrogen (secondary N) is 2. The van der Waals surface area contributed by atoms with Gasteiger partial charge in [0.15, 0.2) is 0 Å². The van der Waals surface area contributed by atoms with Crippen LogP contribution in [0.1, 0.15) is 64.0 Å². The Kier molecular flexibility index (Phi) is 7.32. The molecule has 0 atom stereocenters.